The third-order valence-electron chi connectivity index (χ3n) is 8.87. The van der Waals surface area contributed by atoms with E-state index in [0.29, 0.717) is 41.1 Å². The molecule has 4 aromatic heterocycles. The number of hydrogen-bond acceptors (Lipinski definition) is 10. The zero-order valence-corrected chi connectivity index (χ0v) is 26.1. The zero-order chi connectivity index (χ0) is 33.5. The maximum atomic E-state index is 15.5. The molecule has 1 aliphatic carbocycles. The first-order valence-electron chi connectivity index (χ1n) is 15.1. The van der Waals surface area contributed by atoms with Crippen LogP contribution >= 0.6 is 0 Å². The number of nitrogens with one attached hydrogen (secondary N) is 1. The summed E-state index contributed by atoms with van der Waals surface area (Å²) in [6.07, 6.45) is 1.37. The fourth-order valence-electron chi connectivity index (χ4n) is 6.56. The minimum Gasteiger partial charge on any atom is -0.444 e. The largest absolute Gasteiger partial charge is 0.444 e. The molecule has 47 heavy (non-hydrogen) atoms. The summed E-state index contributed by atoms with van der Waals surface area (Å²) in [5.41, 5.74) is -2.08. The number of amides is 2. The van der Waals surface area contributed by atoms with Gasteiger partial charge in [0, 0.05) is 42.1 Å². The number of aromatic nitrogens is 5. The fraction of sp³-hybridized carbons (Fsp3) is 0.484. The number of halogens is 3. The van der Waals surface area contributed by atoms with Gasteiger partial charge in [0.15, 0.2) is 0 Å². The van der Waals surface area contributed by atoms with Gasteiger partial charge in [-0.2, -0.15) is 10.1 Å². The Kier molecular flexibility index (Phi) is 6.83. The summed E-state index contributed by atoms with van der Waals surface area (Å²) in [5.74, 6) is -0.675. The lowest BCUT2D eigenvalue weighted by molar-refractivity contribution is -0.209. The maximum Gasteiger partial charge on any atom is 0.410 e. The Bertz CT molecular complexity index is 1880. The summed E-state index contributed by atoms with van der Waals surface area (Å²) in [6.45, 7) is 7.37. The highest BCUT2D eigenvalue weighted by atomic mass is 19.3. The number of likely N-dealkylation sites (tertiary alicyclic amines) is 1. The van der Waals surface area contributed by atoms with E-state index in [4.69, 9.17) is 9.26 Å². The average molecular weight is 655 g/mol. The summed E-state index contributed by atoms with van der Waals surface area (Å²) in [7, 11) is 0. The third kappa shape index (κ3) is 5.43. The summed E-state index contributed by atoms with van der Waals surface area (Å²) in [6, 6.07) is 5.25. The Balaban J connectivity index is 1.03. The molecule has 3 aliphatic rings. The molecule has 1 spiro atoms. The molecule has 4 aromatic rings. The quantitative estimate of drug-likeness (QED) is 0.307. The molecule has 248 valence electrons. The average Bonchev–Trinajstić information content (AvgIpc) is 3.60. The van der Waals surface area contributed by atoms with Gasteiger partial charge in [0.05, 0.1) is 41.7 Å². The van der Waals surface area contributed by atoms with Crippen LogP contribution in [0.2, 0.25) is 0 Å². The van der Waals surface area contributed by atoms with Crippen LogP contribution in [0.3, 0.4) is 0 Å². The predicted octanol–water partition coefficient (Wildman–Crippen LogP) is 4.35. The van der Waals surface area contributed by atoms with Gasteiger partial charge in [0.1, 0.15) is 11.2 Å². The summed E-state index contributed by atoms with van der Waals surface area (Å²) >= 11 is 0. The summed E-state index contributed by atoms with van der Waals surface area (Å²) in [5, 5.41) is 21.0. The van der Waals surface area contributed by atoms with Crippen molar-refractivity contribution < 1.29 is 37.1 Å². The van der Waals surface area contributed by atoms with Crippen LogP contribution in [0, 0.1) is 12.3 Å². The molecular weight excluding hydrogens is 621 g/mol. The second-order valence-electron chi connectivity index (χ2n) is 13.9. The van der Waals surface area contributed by atoms with Crippen LogP contribution in [0.15, 0.2) is 41.3 Å². The number of alkyl halides is 3. The normalized spacial score (nSPS) is 19.3. The van der Waals surface area contributed by atoms with E-state index in [2.05, 4.69) is 25.5 Å². The Morgan fingerprint density at radius 2 is 1.85 bits per heavy atom. The molecule has 16 heteroatoms. The molecule has 3 fully saturated rings. The third-order valence-corrected chi connectivity index (χ3v) is 8.87. The number of anilines is 2. The van der Waals surface area contributed by atoms with E-state index in [1.165, 1.54) is 17.3 Å². The van der Waals surface area contributed by atoms with Crippen LogP contribution in [0.1, 0.15) is 55.6 Å². The Labute approximate surface area is 266 Å². The molecule has 2 aliphatic heterocycles. The topological polar surface area (TPSA) is 151 Å². The molecule has 7 rings (SSSR count). The molecule has 2 saturated heterocycles. The van der Waals surface area contributed by atoms with Crippen LogP contribution in [0.4, 0.5) is 29.3 Å². The maximum absolute atomic E-state index is 15.5. The predicted molar refractivity (Wildman–Crippen MR) is 161 cm³/mol. The molecule has 0 atom stereocenters. The number of aliphatic hydroxyl groups is 1. The van der Waals surface area contributed by atoms with E-state index in [0.717, 1.165) is 5.69 Å². The Hall–Kier alpha value is -4.73. The monoisotopic (exact) mass is 654 g/mol. The van der Waals surface area contributed by atoms with Crippen LogP contribution in [0.25, 0.3) is 16.9 Å². The van der Waals surface area contributed by atoms with E-state index in [9.17, 15) is 23.5 Å². The highest BCUT2D eigenvalue weighted by Crippen LogP contribution is 2.57. The van der Waals surface area contributed by atoms with Gasteiger partial charge < -0.3 is 29.5 Å². The van der Waals surface area contributed by atoms with Gasteiger partial charge in [-0.05, 0) is 58.7 Å². The first kappa shape index (κ1) is 30.9. The highest BCUT2D eigenvalue weighted by Gasteiger charge is 2.63. The molecular formula is C31H33F3N8O5. The molecule has 0 radical (unpaired) electrons. The number of pyridine rings is 2. The molecule has 2 amide bonds. The van der Waals surface area contributed by atoms with E-state index in [1.54, 1.807) is 44.5 Å². The van der Waals surface area contributed by atoms with Crippen molar-refractivity contribution in [1.82, 2.24) is 29.6 Å². The van der Waals surface area contributed by atoms with Crippen molar-refractivity contribution in [3.05, 3.63) is 53.9 Å². The van der Waals surface area contributed by atoms with E-state index in [-0.39, 0.29) is 43.1 Å². The first-order chi connectivity index (χ1) is 22.1. The number of ether oxygens (including phenoxy) is 1. The fourth-order valence-corrected chi connectivity index (χ4v) is 6.56. The number of rotatable bonds is 6. The molecule has 1 saturated carbocycles. The second kappa shape index (κ2) is 10.4. The molecule has 0 aromatic carbocycles. The van der Waals surface area contributed by atoms with E-state index in [1.807, 2.05) is 17.0 Å². The minimum absolute atomic E-state index is 0.0575. The highest BCUT2D eigenvalue weighted by molar-refractivity contribution is 6.09. The van der Waals surface area contributed by atoms with Crippen LogP contribution in [-0.4, -0.2) is 90.6 Å². The van der Waals surface area contributed by atoms with Gasteiger partial charge in [-0.1, -0.05) is 5.16 Å². The number of carbonyl (C=O) groups is 2. The number of hydrogen-bond donors (Lipinski definition) is 2. The number of fused-ring (bicyclic) bond motifs is 1. The molecule has 0 unspecified atom stereocenters. The van der Waals surface area contributed by atoms with Gasteiger partial charge in [-0.25, -0.2) is 22.5 Å². The SMILES string of the molecule is Cc1ncc(-c2noc(C3(F)CN(C(=O)OC(C)(C)C)C3)n2)cc1NC(=O)c1cnn2ccc(N3CC4(C3)CC(O)(C(F)F)C4)cc12. The van der Waals surface area contributed by atoms with E-state index < -0.39 is 35.3 Å². The Morgan fingerprint density at radius 3 is 2.53 bits per heavy atom. The molecule has 6 heterocycles. The molecule has 0 bridgehead atoms. The number of nitrogens with zero attached hydrogens (tertiary/aromatic N) is 7. The summed E-state index contributed by atoms with van der Waals surface area (Å²) in [4.78, 5) is 37.5. The van der Waals surface area contributed by atoms with Crippen molar-refractivity contribution in [2.24, 2.45) is 5.41 Å². The zero-order valence-electron chi connectivity index (χ0n) is 26.1. The smallest absolute Gasteiger partial charge is 0.410 e. The van der Waals surface area contributed by atoms with E-state index >= 15 is 4.39 Å². The van der Waals surface area contributed by atoms with Gasteiger partial charge in [0.2, 0.25) is 11.5 Å². The van der Waals surface area contributed by atoms with Crippen molar-refractivity contribution in [3.8, 4) is 11.4 Å². The van der Waals surface area contributed by atoms with Crippen LogP contribution in [0.5, 0.6) is 0 Å². The van der Waals surface area contributed by atoms with Gasteiger partial charge in [0.25, 0.3) is 18.2 Å². The van der Waals surface area contributed by atoms with Gasteiger partial charge in [-0.15, -0.1) is 0 Å². The van der Waals surface area contributed by atoms with Crippen molar-refractivity contribution in [3.63, 3.8) is 0 Å². The number of carbonyl (C=O) groups excluding carboxylic acids is 2. The molecule has 2 N–H and O–H groups in total. The number of aryl methyl sites for hydroxylation is 1. The summed E-state index contributed by atoms with van der Waals surface area (Å²) < 4.78 is 53.7. The first-order valence-corrected chi connectivity index (χ1v) is 15.1. The van der Waals surface area contributed by atoms with Gasteiger partial charge >= 0.3 is 6.09 Å². The molecule has 13 nitrogen and oxygen atoms in total. The van der Waals surface area contributed by atoms with Crippen molar-refractivity contribution in [1.29, 1.82) is 0 Å². The van der Waals surface area contributed by atoms with Crippen molar-refractivity contribution in [2.45, 2.75) is 63.8 Å². The van der Waals surface area contributed by atoms with Crippen LogP contribution in [-0.2, 0) is 10.4 Å². The minimum atomic E-state index is -2.76. The lowest BCUT2D eigenvalue weighted by Gasteiger charge is -2.62. The van der Waals surface area contributed by atoms with Crippen molar-refractivity contribution in [2.75, 3.05) is 36.4 Å². The van der Waals surface area contributed by atoms with Crippen molar-refractivity contribution >= 4 is 28.9 Å². The lowest BCUT2D eigenvalue weighted by atomic mass is 9.55. The lowest BCUT2D eigenvalue weighted by Crippen LogP contribution is -2.70. The van der Waals surface area contributed by atoms with Gasteiger partial charge in [-0.3, -0.25) is 9.78 Å². The second-order valence-corrected chi connectivity index (χ2v) is 13.9. The van der Waals surface area contributed by atoms with Crippen LogP contribution < -0.4 is 10.2 Å². The Morgan fingerprint density at radius 1 is 1.13 bits per heavy atom. The standard InChI is InChI=1S/C31H33F3N8O5/c1-17-21(7-18(9-35-17)23-38-26(47-39-23)30(34)15-41(16-30)27(44)46-28(2,3)4)37-24(43)20-10-36-42-6-5-19(8-22(20)42)40-13-29(14-40)11-31(45,12-29)25(32)33/h5-10,25,45H,11-16H2,1-4H3,(H,37,43).